The van der Waals surface area contributed by atoms with Gasteiger partial charge in [0.25, 0.3) is 0 Å². The van der Waals surface area contributed by atoms with Crippen molar-refractivity contribution in [3.8, 4) is 5.69 Å². The molecule has 1 saturated carbocycles. The molecule has 29 heavy (non-hydrogen) atoms. The molecule has 1 amide bonds. The van der Waals surface area contributed by atoms with Crippen LogP contribution in [-0.4, -0.2) is 26.4 Å². The number of para-hydroxylation sites is 1. The van der Waals surface area contributed by atoms with Crippen molar-refractivity contribution in [1.29, 1.82) is 0 Å². The fraction of sp³-hybridized carbons (Fsp3) is 0.348. The number of carbonyl (C=O) groups is 1. The van der Waals surface area contributed by atoms with Crippen LogP contribution in [0.4, 0.5) is 0 Å². The number of carbonyl (C=O) groups excluding carboxylic acids is 1. The van der Waals surface area contributed by atoms with Gasteiger partial charge < -0.3 is 5.32 Å². The highest BCUT2D eigenvalue weighted by Gasteiger charge is 2.30. The topological polar surface area (TPSA) is 59.8 Å². The number of nitrogens with one attached hydrogen (secondary N) is 1. The van der Waals surface area contributed by atoms with Gasteiger partial charge in [-0.2, -0.15) is 0 Å². The Morgan fingerprint density at radius 1 is 1.14 bits per heavy atom. The minimum absolute atomic E-state index is 0.0151. The van der Waals surface area contributed by atoms with Crippen LogP contribution in [0, 0.1) is 0 Å². The first-order valence-electron chi connectivity index (χ1n) is 10.2. The third-order valence-electron chi connectivity index (χ3n) is 5.00. The van der Waals surface area contributed by atoms with E-state index < -0.39 is 0 Å². The molecular formula is C23H26N4OS. The van der Waals surface area contributed by atoms with Crippen molar-refractivity contribution in [1.82, 2.24) is 20.1 Å². The Hall–Kier alpha value is -2.60. The van der Waals surface area contributed by atoms with Crippen LogP contribution in [0.1, 0.15) is 56.0 Å². The van der Waals surface area contributed by atoms with Crippen LogP contribution < -0.4 is 5.32 Å². The molecule has 0 saturated heterocycles. The molecule has 0 radical (unpaired) electrons. The first-order chi connectivity index (χ1) is 14.2. The van der Waals surface area contributed by atoms with E-state index in [1.807, 2.05) is 53.2 Å². The van der Waals surface area contributed by atoms with Gasteiger partial charge in [-0.05, 0) is 37.0 Å². The van der Waals surface area contributed by atoms with Crippen molar-refractivity contribution in [2.75, 3.05) is 5.75 Å². The highest BCUT2D eigenvalue weighted by molar-refractivity contribution is 7.99. The largest absolute Gasteiger partial charge is 0.349 e. The first kappa shape index (κ1) is 19.7. The summed E-state index contributed by atoms with van der Waals surface area (Å²) in [7, 11) is 0. The van der Waals surface area contributed by atoms with Gasteiger partial charge in [-0.1, -0.05) is 73.6 Å². The van der Waals surface area contributed by atoms with Crippen LogP contribution in [-0.2, 0) is 4.79 Å². The molecular weight excluding hydrogens is 380 g/mol. The van der Waals surface area contributed by atoms with Crippen molar-refractivity contribution < 1.29 is 4.79 Å². The van der Waals surface area contributed by atoms with Gasteiger partial charge in [0.05, 0.1) is 17.5 Å². The monoisotopic (exact) mass is 406 g/mol. The Morgan fingerprint density at radius 2 is 1.83 bits per heavy atom. The van der Waals surface area contributed by atoms with Gasteiger partial charge in [-0.3, -0.25) is 4.79 Å². The molecule has 1 N–H and O–H groups in total. The summed E-state index contributed by atoms with van der Waals surface area (Å²) in [5.41, 5.74) is 2.17. The number of thioether (sulfide) groups is 1. The van der Waals surface area contributed by atoms with Crippen LogP contribution in [0.3, 0.4) is 0 Å². The summed E-state index contributed by atoms with van der Waals surface area (Å²) in [6.45, 7) is 2.14. The van der Waals surface area contributed by atoms with E-state index in [0.717, 1.165) is 42.8 Å². The summed E-state index contributed by atoms with van der Waals surface area (Å²) in [6, 6.07) is 20.3. The summed E-state index contributed by atoms with van der Waals surface area (Å²) in [6.07, 6.45) is 4.26. The number of hydrogen-bond donors (Lipinski definition) is 1. The average Bonchev–Trinajstić information content (AvgIpc) is 3.52. The van der Waals surface area contributed by atoms with Crippen LogP contribution >= 0.6 is 11.8 Å². The molecule has 150 valence electrons. The second kappa shape index (κ2) is 9.27. The van der Waals surface area contributed by atoms with Gasteiger partial charge in [0.15, 0.2) is 0 Å². The van der Waals surface area contributed by atoms with E-state index in [9.17, 15) is 4.79 Å². The maximum absolute atomic E-state index is 12.6. The third kappa shape index (κ3) is 5.07. The normalized spacial score (nSPS) is 14.5. The molecule has 0 spiro atoms. The molecule has 1 heterocycles. The van der Waals surface area contributed by atoms with Crippen molar-refractivity contribution >= 4 is 17.7 Å². The molecule has 0 unspecified atom stereocenters. The second-order valence-electron chi connectivity index (χ2n) is 7.38. The predicted molar refractivity (Wildman–Crippen MR) is 116 cm³/mol. The minimum atomic E-state index is 0.0151. The van der Waals surface area contributed by atoms with E-state index in [4.69, 9.17) is 4.98 Å². The van der Waals surface area contributed by atoms with Crippen LogP contribution in [0.15, 0.2) is 65.8 Å². The molecule has 1 fully saturated rings. The lowest BCUT2D eigenvalue weighted by Gasteiger charge is -2.18. The molecule has 4 rings (SSSR count). The predicted octanol–water partition coefficient (Wildman–Crippen LogP) is 4.89. The van der Waals surface area contributed by atoms with Gasteiger partial charge in [-0.25, -0.2) is 9.67 Å². The maximum atomic E-state index is 12.6. The third-order valence-corrected chi connectivity index (χ3v) is 5.84. The second-order valence-corrected chi connectivity index (χ2v) is 8.32. The van der Waals surface area contributed by atoms with Crippen molar-refractivity contribution in [3.63, 3.8) is 0 Å². The number of rotatable bonds is 9. The van der Waals surface area contributed by atoms with Gasteiger partial charge in [0, 0.05) is 5.92 Å². The van der Waals surface area contributed by atoms with Crippen molar-refractivity contribution in [2.24, 2.45) is 0 Å². The SMILES string of the molecule is CCC[C@@H](NC(=O)CSc1nc(C2CC2)n(-c2ccccc2)n1)c1ccccc1. The Labute approximate surface area is 175 Å². The van der Waals surface area contributed by atoms with E-state index >= 15 is 0 Å². The molecule has 0 aliphatic heterocycles. The van der Waals surface area contributed by atoms with Gasteiger partial charge >= 0.3 is 0 Å². The lowest BCUT2D eigenvalue weighted by molar-refractivity contribution is -0.119. The Bertz CT molecular complexity index is 938. The Balaban J connectivity index is 1.41. The van der Waals surface area contributed by atoms with Crippen LogP contribution in [0.2, 0.25) is 0 Å². The van der Waals surface area contributed by atoms with Gasteiger partial charge in [0.1, 0.15) is 5.82 Å². The van der Waals surface area contributed by atoms with E-state index in [2.05, 4.69) is 29.5 Å². The van der Waals surface area contributed by atoms with Crippen molar-refractivity contribution in [3.05, 3.63) is 72.1 Å². The first-order valence-corrected chi connectivity index (χ1v) is 11.2. The van der Waals surface area contributed by atoms with Crippen LogP contribution in [0.25, 0.3) is 5.69 Å². The molecule has 1 aliphatic rings. The molecule has 1 aliphatic carbocycles. The summed E-state index contributed by atoms with van der Waals surface area (Å²) in [5.74, 6) is 1.82. The Morgan fingerprint density at radius 3 is 2.48 bits per heavy atom. The number of amides is 1. The lowest BCUT2D eigenvalue weighted by atomic mass is 10.0. The molecule has 3 aromatic rings. The molecule has 0 bridgehead atoms. The molecule has 1 aromatic heterocycles. The van der Waals surface area contributed by atoms with Gasteiger partial charge in [-0.15, -0.1) is 5.10 Å². The molecule has 5 nitrogen and oxygen atoms in total. The zero-order valence-electron chi connectivity index (χ0n) is 16.6. The molecule has 1 atom stereocenters. The Kier molecular flexibility index (Phi) is 6.30. The van der Waals surface area contributed by atoms with E-state index in [1.165, 1.54) is 11.8 Å². The minimum Gasteiger partial charge on any atom is -0.349 e. The molecule has 6 heteroatoms. The highest BCUT2D eigenvalue weighted by atomic mass is 32.2. The van der Waals surface area contributed by atoms with Crippen LogP contribution in [0.5, 0.6) is 0 Å². The summed E-state index contributed by atoms with van der Waals surface area (Å²) >= 11 is 1.40. The summed E-state index contributed by atoms with van der Waals surface area (Å²) in [5, 5.41) is 8.51. The van der Waals surface area contributed by atoms with Crippen molar-refractivity contribution in [2.45, 2.75) is 49.7 Å². The zero-order valence-corrected chi connectivity index (χ0v) is 17.4. The van der Waals surface area contributed by atoms with E-state index in [-0.39, 0.29) is 11.9 Å². The standard InChI is InChI=1S/C23H26N4OS/c1-2-9-20(17-10-5-3-6-11-17)24-21(28)16-29-23-25-22(18-14-15-18)27(26-23)19-12-7-4-8-13-19/h3-8,10-13,18,20H,2,9,14-16H2,1H3,(H,24,28)/t20-/m1/s1. The molecule has 2 aromatic carbocycles. The van der Waals surface area contributed by atoms with Gasteiger partial charge in [0.2, 0.25) is 11.1 Å². The average molecular weight is 407 g/mol. The fourth-order valence-electron chi connectivity index (χ4n) is 3.39. The number of benzene rings is 2. The summed E-state index contributed by atoms with van der Waals surface area (Å²) in [4.78, 5) is 17.3. The lowest BCUT2D eigenvalue weighted by Crippen LogP contribution is -2.30. The fourth-order valence-corrected chi connectivity index (χ4v) is 4.03. The number of aromatic nitrogens is 3. The summed E-state index contributed by atoms with van der Waals surface area (Å²) < 4.78 is 1.93. The number of hydrogen-bond acceptors (Lipinski definition) is 4. The highest BCUT2D eigenvalue weighted by Crippen LogP contribution is 2.40. The van der Waals surface area contributed by atoms with E-state index in [1.54, 1.807) is 0 Å². The quantitative estimate of drug-likeness (QED) is 0.514. The van der Waals surface area contributed by atoms with E-state index in [0.29, 0.717) is 16.8 Å². The number of nitrogens with zero attached hydrogens (tertiary/aromatic N) is 3. The smallest absolute Gasteiger partial charge is 0.230 e. The zero-order chi connectivity index (χ0) is 20.1. The maximum Gasteiger partial charge on any atom is 0.230 e.